The number of benzene rings is 1. The third kappa shape index (κ3) is 3.47. The van der Waals surface area contributed by atoms with E-state index in [0.29, 0.717) is 6.07 Å². The van der Waals surface area contributed by atoms with Gasteiger partial charge in [-0.1, -0.05) is 11.6 Å². The second-order valence-corrected chi connectivity index (χ2v) is 3.82. The summed E-state index contributed by atoms with van der Waals surface area (Å²) in [6.45, 7) is 1.39. The molecule has 102 valence electrons. The monoisotopic (exact) mass is 304 g/mol. The van der Waals surface area contributed by atoms with Crippen molar-refractivity contribution in [1.82, 2.24) is 0 Å². The number of alkyl halides is 3. The predicted octanol–water partition coefficient (Wildman–Crippen LogP) is 3.71. The third-order valence-electron chi connectivity index (χ3n) is 2.09. The minimum atomic E-state index is -4.76. The van der Waals surface area contributed by atoms with E-state index in [4.69, 9.17) is 17.3 Å². The van der Waals surface area contributed by atoms with E-state index in [1.54, 1.807) is 0 Å². The Kier molecular flexibility index (Phi) is 5.39. The number of halogens is 5. The molecule has 0 saturated heterocycles. The zero-order valence-corrected chi connectivity index (χ0v) is 10.6. The first-order valence-electron chi connectivity index (χ1n) is 4.45. The van der Waals surface area contributed by atoms with Gasteiger partial charge in [0.2, 0.25) is 0 Å². The van der Waals surface area contributed by atoms with Crippen LogP contribution in [0.1, 0.15) is 24.1 Å². The number of non-ortho nitro benzene ring substituents is 1. The molecule has 18 heavy (non-hydrogen) atoms. The fourth-order valence-corrected chi connectivity index (χ4v) is 1.66. The Morgan fingerprint density at radius 1 is 1.44 bits per heavy atom. The molecule has 1 unspecified atom stereocenters. The number of hydrogen-bond acceptors (Lipinski definition) is 3. The Balaban J connectivity index is 0.00000289. The molecule has 1 aromatic rings. The summed E-state index contributed by atoms with van der Waals surface area (Å²) < 4.78 is 37.8. The van der Waals surface area contributed by atoms with Gasteiger partial charge in [0.25, 0.3) is 5.69 Å². The first-order valence-corrected chi connectivity index (χ1v) is 4.83. The molecule has 0 spiro atoms. The van der Waals surface area contributed by atoms with Crippen LogP contribution in [0, 0.1) is 10.1 Å². The van der Waals surface area contributed by atoms with Gasteiger partial charge in [-0.3, -0.25) is 10.1 Å². The van der Waals surface area contributed by atoms with Gasteiger partial charge in [-0.05, 0) is 12.5 Å². The van der Waals surface area contributed by atoms with Crippen LogP contribution in [-0.2, 0) is 6.18 Å². The Labute approximate surface area is 111 Å². The highest BCUT2D eigenvalue weighted by atomic mass is 35.5. The Hall–Kier alpha value is -1.05. The summed E-state index contributed by atoms with van der Waals surface area (Å²) in [7, 11) is 0. The van der Waals surface area contributed by atoms with Gasteiger partial charge < -0.3 is 5.73 Å². The van der Waals surface area contributed by atoms with Crippen molar-refractivity contribution in [1.29, 1.82) is 0 Å². The summed E-state index contributed by atoms with van der Waals surface area (Å²) in [5.41, 5.74) is 3.38. The van der Waals surface area contributed by atoms with Gasteiger partial charge in [-0.2, -0.15) is 13.2 Å². The van der Waals surface area contributed by atoms with E-state index >= 15 is 0 Å². The number of nitrogens with two attached hydrogens (primary N) is 1. The van der Waals surface area contributed by atoms with E-state index in [2.05, 4.69) is 0 Å². The van der Waals surface area contributed by atoms with Crippen LogP contribution in [0.5, 0.6) is 0 Å². The van der Waals surface area contributed by atoms with Crippen molar-refractivity contribution in [2.45, 2.75) is 19.1 Å². The smallest absolute Gasteiger partial charge is 0.324 e. The zero-order chi connectivity index (χ0) is 13.4. The van der Waals surface area contributed by atoms with Gasteiger partial charge in [-0.25, -0.2) is 0 Å². The van der Waals surface area contributed by atoms with Crippen LogP contribution in [0.25, 0.3) is 0 Å². The number of hydrogen-bond donors (Lipinski definition) is 1. The summed E-state index contributed by atoms with van der Waals surface area (Å²) in [4.78, 5) is 9.60. The van der Waals surface area contributed by atoms with Crippen LogP contribution in [0.4, 0.5) is 18.9 Å². The van der Waals surface area contributed by atoms with Crippen molar-refractivity contribution in [3.05, 3.63) is 38.4 Å². The van der Waals surface area contributed by atoms with Gasteiger partial charge in [0, 0.05) is 18.2 Å². The SMILES string of the molecule is CC(N)c1cc([N+](=O)[O-])cc(C(F)(F)F)c1Cl.Cl. The predicted molar refractivity (Wildman–Crippen MR) is 63.0 cm³/mol. The topological polar surface area (TPSA) is 69.2 Å². The maximum atomic E-state index is 12.6. The highest BCUT2D eigenvalue weighted by Crippen LogP contribution is 2.40. The lowest BCUT2D eigenvalue weighted by Crippen LogP contribution is -2.12. The number of rotatable bonds is 2. The highest BCUT2D eigenvalue weighted by molar-refractivity contribution is 6.32. The molecule has 0 aromatic heterocycles. The molecule has 0 bridgehead atoms. The molecule has 0 aliphatic heterocycles. The summed E-state index contributed by atoms with van der Waals surface area (Å²) >= 11 is 5.54. The van der Waals surface area contributed by atoms with Crippen LogP contribution < -0.4 is 5.73 Å². The molecule has 0 amide bonds. The fourth-order valence-electron chi connectivity index (χ4n) is 1.27. The Morgan fingerprint density at radius 2 is 1.94 bits per heavy atom. The van der Waals surface area contributed by atoms with Crippen molar-refractivity contribution >= 4 is 29.7 Å². The molecule has 0 fully saturated rings. The summed E-state index contributed by atoms with van der Waals surface area (Å²) in [6.07, 6.45) is -4.76. The largest absolute Gasteiger partial charge is 0.418 e. The second kappa shape index (κ2) is 5.73. The normalized spacial score (nSPS) is 12.8. The molecule has 1 rings (SSSR count). The average Bonchev–Trinajstić information content (AvgIpc) is 2.15. The van der Waals surface area contributed by atoms with Crippen molar-refractivity contribution < 1.29 is 18.1 Å². The minimum Gasteiger partial charge on any atom is -0.324 e. The molecule has 0 aliphatic carbocycles. The molecule has 4 nitrogen and oxygen atoms in total. The molecule has 0 heterocycles. The Bertz CT molecular complexity index is 464. The maximum Gasteiger partial charge on any atom is 0.418 e. The van der Waals surface area contributed by atoms with Crippen LogP contribution in [0.15, 0.2) is 12.1 Å². The molecular weight excluding hydrogens is 296 g/mol. The molecule has 0 aliphatic rings. The summed E-state index contributed by atoms with van der Waals surface area (Å²) in [6, 6.07) is 0.514. The molecule has 9 heteroatoms. The molecule has 0 radical (unpaired) electrons. The van der Waals surface area contributed by atoms with Gasteiger partial charge in [-0.15, -0.1) is 12.4 Å². The van der Waals surface area contributed by atoms with Gasteiger partial charge in [0.1, 0.15) is 0 Å². The Morgan fingerprint density at radius 3 is 2.28 bits per heavy atom. The third-order valence-corrected chi connectivity index (χ3v) is 2.51. The lowest BCUT2D eigenvalue weighted by atomic mass is 10.0. The van der Waals surface area contributed by atoms with Gasteiger partial charge in [0.05, 0.1) is 15.5 Å². The van der Waals surface area contributed by atoms with E-state index in [-0.39, 0.29) is 18.0 Å². The zero-order valence-electron chi connectivity index (χ0n) is 8.99. The summed E-state index contributed by atoms with van der Waals surface area (Å²) in [5.74, 6) is 0. The molecule has 0 saturated carbocycles. The van der Waals surface area contributed by atoms with E-state index in [0.717, 1.165) is 6.07 Å². The molecule has 2 N–H and O–H groups in total. The van der Waals surface area contributed by atoms with Crippen molar-refractivity contribution in [3.63, 3.8) is 0 Å². The minimum absolute atomic E-state index is 0. The lowest BCUT2D eigenvalue weighted by molar-refractivity contribution is -0.385. The first kappa shape index (κ1) is 16.9. The van der Waals surface area contributed by atoms with E-state index in [1.165, 1.54) is 6.92 Å². The maximum absolute atomic E-state index is 12.6. The number of nitrogens with zero attached hydrogens (tertiary/aromatic N) is 1. The van der Waals surface area contributed by atoms with Crippen molar-refractivity contribution in [2.24, 2.45) is 5.73 Å². The van der Waals surface area contributed by atoms with Crippen LogP contribution in [0.3, 0.4) is 0 Å². The van der Waals surface area contributed by atoms with E-state index in [1.807, 2.05) is 0 Å². The quantitative estimate of drug-likeness (QED) is 0.669. The number of nitro groups is 1. The fraction of sp³-hybridized carbons (Fsp3) is 0.333. The van der Waals surface area contributed by atoms with E-state index in [9.17, 15) is 23.3 Å². The standard InChI is InChI=1S/C9H8ClF3N2O2.ClH/c1-4(14)6-2-5(15(16)17)3-7(8(6)10)9(11,12)13;/h2-4H,14H2,1H3;1H. The summed E-state index contributed by atoms with van der Waals surface area (Å²) in [5, 5.41) is 9.92. The van der Waals surface area contributed by atoms with Gasteiger partial charge >= 0.3 is 6.18 Å². The van der Waals surface area contributed by atoms with Crippen molar-refractivity contribution in [3.8, 4) is 0 Å². The average molecular weight is 305 g/mol. The molecule has 1 atom stereocenters. The lowest BCUT2D eigenvalue weighted by Gasteiger charge is -2.14. The van der Waals surface area contributed by atoms with Crippen molar-refractivity contribution in [2.75, 3.05) is 0 Å². The molecule has 1 aromatic carbocycles. The molecular formula is C9H9Cl2F3N2O2. The first-order chi connectivity index (χ1) is 7.64. The second-order valence-electron chi connectivity index (χ2n) is 3.44. The van der Waals surface area contributed by atoms with Gasteiger partial charge in [0.15, 0.2) is 0 Å². The highest BCUT2D eigenvalue weighted by Gasteiger charge is 2.36. The number of nitro benzene ring substituents is 1. The van der Waals surface area contributed by atoms with Crippen LogP contribution in [0.2, 0.25) is 5.02 Å². The van der Waals surface area contributed by atoms with E-state index < -0.39 is 33.4 Å². The van der Waals surface area contributed by atoms with Crippen LogP contribution in [-0.4, -0.2) is 4.92 Å². The van der Waals surface area contributed by atoms with Crippen LogP contribution >= 0.6 is 24.0 Å².